The smallest absolute Gasteiger partial charge is 0.419 e. The first-order valence-corrected chi connectivity index (χ1v) is 16.6. The van der Waals surface area contributed by atoms with Crippen LogP contribution >= 0.6 is 0 Å². The molecular weight excluding hydrogens is 572 g/mol. The quantitative estimate of drug-likeness (QED) is 0.298. The zero-order valence-corrected chi connectivity index (χ0v) is 28.8. The molecule has 1 heterocycles. The molecule has 1 aromatic carbocycles. The molecule has 0 saturated carbocycles. The molecule has 6 nitrogen and oxygen atoms in total. The predicted molar refractivity (Wildman–Crippen MR) is 187 cm³/mol. The molecule has 0 fully saturated rings. The second-order valence-electron chi connectivity index (χ2n) is 14.8. The van der Waals surface area contributed by atoms with Crippen LogP contribution in [0, 0.1) is 18.8 Å². The Hall–Kier alpha value is -4.06. The highest BCUT2D eigenvalue weighted by atomic mass is 16.6. The summed E-state index contributed by atoms with van der Waals surface area (Å²) in [6.07, 6.45) is 16.8. The standard InChI is InChI=1S/C40H50N2O4/c1-25-18-20-30-28-14-10-11-15-29(28)32(31(30)21-19-25)22-23-37(43)41-35(27(3)45-39(4,5)6)24-34-26(2)42(38(44)46-40(7,8)9)36-17-13-12-16-33(34)36/h11-13,15-21,25,32,35H,3,10,14,22-24H2,1-2,4-9H3,(H,41,43). The van der Waals surface area contributed by atoms with Gasteiger partial charge >= 0.3 is 6.09 Å². The van der Waals surface area contributed by atoms with Crippen molar-refractivity contribution >= 4 is 22.9 Å². The number of fused-ring (bicyclic) bond motifs is 2. The molecule has 3 aliphatic carbocycles. The van der Waals surface area contributed by atoms with E-state index in [2.05, 4.69) is 55.3 Å². The number of nitrogens with one attached hydrogen (secondary N) is 1. The maximum absolute atomic E-state index is 13.8. The largest absolute Gasteiger partial charge is 0.491 e. The van der Waals surface area contributed by atoms with E-state index in [4.69, 9.17) is 9.47 Å². The summed E-state index contributed by atoms with van der Waals surface area (Å²) in [5.41, 5.74) is 6.82. The van der Waals surface area contributed by atoms with Gasteiger partial charge in [-0.2, -0.15) is 0 Å². The van der Waals surface area contributed by atoms with Crippen molar-refractivity contribution in [2.75, 3.05) is 0 Å². The topological polar surface area (TPSA) is 69.6 Å². The molecule has 244 valence electrons. The molecule has 5 rings (SSSR count). The fourth-order valence-corrected chi connectivity index (χ4v) is 6.80. The van der Waals surface area contributed by atoms with Gasteiger partial charge in [-0.05, 0) is 108 Å². The fraction of sp³-hybridized carbons (Fsp3) is 0.450. The van der Waals surface area contributed by atoms with Crippen LogP contribution in [0.5, 0.6) is 0 Å². The number of amides is 1. The maximum Gasteiger partial charge on any atom is 0.419 e. The van der Waals surface area contributed by atoms with E-state index in [9.17, 15) is 9.59 Å². The van der Waals surface area contributed by atoms with Gasteiger partial charge in [-0.3, -0.25) is 4.79 Å². The molecular formula is C40H50N2O4. The van der Waals surface area contributed by atoms with E-state index < -0.39 is 23.3 Å². The van der Waals surface area contributed by atoms with Gasteiger partial charge in [0.15, 0.2) is 0 Å². The fourth-order valence-electron chi connectivity index (χ4n) is 6.80. The summed E-state index contributed by atoms with van der Waals surface area (Å²) in [6, 6.07) is 7.32. The Morgan fingerprint density at radius 2 is 1.70 bits per heavy atom. The first-order chi connectivity index (χ1) is 21.6. The summed E-state index contributed by atoms with van der Waals surface area (Å²) in [6.45, 7) is 19.9. The SMILES string of the molecule is C=C(OC(C)(C)C)C(Cc1c(C)n(C(=O)OC(C)(C)C)c2ccccc12)NC(=O)CCC1C2=C(C=CC(C)C=C2)C2=C1C=CCC2. The average molecular weight is 623 g/mol. The van der Waals surface area contributed by atoms with Crippen LogP contribution in [0.3, 0.4) is 0 Å². The number of nitrogens with zero attached hydrogens (tertiary/aromatic N) is 1. The number of benzene rings is 1. The summed E-state index contributed by atoms with van der Waals surface area (Å²) < 4.78 is 13.6. The van der Waals surface area contributed by atoms with Crippen LogP contribution in [0.25, 0.3) is 10.9 Å². The Morgan fingerprint density at radius 1 is 1.00 bits per heavy atom. The third-order valence-electron chi connectivity index (χ3n) is 8.79. The van der Waals surface area contributed by atoms with E-state index in [1.54, 1.807) is 4.57 Å². The van der Waals surface area contributed by atoms with Gasteiger partial charge in [0, 0.05) is 29.8 Å². The van der Waals surface area contributed by atoms with Crippen molar-refractivity contribution < 1.29 is 19.1 Å². The molecule has 0 radical (unpaired) electrons. The maximum atomic E-state index is 13.8. The lowest BCUT2D eigenvalue weighted by molar-refractivity contribution is -0.122. The number of ether oxygens (including phenoxy) is 2. The second-order valence-corrected chi connectivity index (χ2v) is 14.8. The van der Waals surface area contributed by atoms with Crippen molar-refractivity contribution in [3.05, 3.63) is 107 Å². The van der Waals surface area contributed by atoms with Crippen molar-refractivity contribution in [1.82, 2.24) is 9.88 Å². The number of rotatable bonds is 8. The van der Waals surface area contributed by atoms with Crippen LogP contribution in [0.1, 0.15) is 85.4 Å². The van der Waals surface area contributed by atoms with Crippen molar-refractivity contribution in [2.45, 2.75) is 105 Å². The van der Waals surface area contributed by atoms with Crippen molar-refractivity contribution in [2.24, 2.45) is 11.8 Å². The van der Waals surface area contributed by atoms with Gasteiger partial charge in [0.25, 0.3) is 0 Å². The zero-order valence-electron chi connectivity index (χ0n) is 28.8. The van der Waals surface area contributed by atoms with Gasteiger partial charge in [0.2, 0.25) is 5.91 Å². The predicted octanol–water partition coefficient (Wildman–Crippen LogP) is 9.20. The Morgan fingerprint density at radius 3 is 2.41 bits per heavy atom. The number of allylic oxidation sites excluding steroid dienone is 10. The van der Waals surface area contributed by atoms with E-state index in [0.29, 0.717) is 24.5 Å². The molecule has 0 spiro atoms. The minimum Gasteiger partial charge on any atom is -0.491 e. The molecule has 6 heteroatoms. The van der Waals surface area contributed by atoms with Crippen LogP contribution in [-0.4, -0.2) is 33.8 Å². The van der Waals surface area contributed by atoms with Crippen molar-refractivity contribution in [3.8, 4) is 0 Å². The lowest BCUT2D eigenvalue weighted by Gasteiger charge is -2.29. The second kappa shape index (κ2) is 13.0. The summed E-state index contributed by atoms with van der Waals surface area (Å²) in [5.74, 6) is 1.03. The molecule has 3 aliphatic rings. The Bertz CT molecular complexity index is 1700. The van der Waals surface area contributed by atoms with Crippen LogP contribution < -0.4 is 5.32 Å². The van der Waals surface area contributed by atoms with Gasteiger partial charge in [-0.1, -0.05) is 68.2 Å². The third-order valence-corrected chi connectivity index (χ3v) is 8.79. The molecule has 1 N–H and O–H groups in total. The zero-order chi connectivity index (χ0) is 33.4. The number of para-hydroxylation sites is 1. The summed E-state index contributed by atoms with van der Waals surface area (Å²) in [4.78, 5) is 27.1. The molecule has 46 heavy (non-hydrogen) atoms. The van der Waals surface area contributed by atoms with Gasteiger partial charge in [-0.15, -0.1) is 0 Å². The highest BCUT2D eigenvalue weighted by Gasteiger charge is 2.33. The van der Waals surface area contributed by atoms with Gasteiger partial charge < -0.3 is 14.8 Å². The summed E-state index contributed by atoms with van der Waals surface area (Å²) in [5, 5.41) is 4.21. The summed E-state index contributed by atoms with van der Waals surface area (Å²) >= 11 is 0. The normalized spacial score (nSPS) is 20.0. The molecule has 3 atom stereocenters. The average Bonchev–Trinajstić information content (AvgIpc) is 3.33. The van der Waals surface area contributed by atoms with E-state index in [0.717, 1.165) is 41.4 Å². The Kier molecular flexibility index (Phi) is 9.40. The summed E-state index contributed by atoms with van der Waals surface area (Å²) in [7, 11) is 0. The third kappa shape index (κ3) is 7.32. The number of aromatic nitrogens is 1. The van der Waals surface area contributed by atoms with Gasteiger partial charge in [0.05, 0.1) is 11.6 Å². The molecule has 2 aromatic rings. The number of hydrogen-bond acceptors (Lipinski definition) is 4. The van der Waals surface area contributed by atoms with E-state index in [-0.39, 0.29) is 11.8 Å². The van der Waals surface area contributed by atoms with Crippen LogP contribution in [0.4, 0.5) is 4.79 Å². The molecule has 0 aliphatic heterocycles. The monoisotopic (exact) mass is 622 g/mol. The number of hydrogen-bond donors (Lipinski definition) is 1. The Balaban J connectivity index is 1.40. The Labute approximate surface area is 274 Å². The van der Waals surface area contributed by atoms with Gasteiger partial charge in [-0.25, -0.2) is 9.36 Å². The molecule has 1 amide bonds. The van der Waals surface area contributed by atoms with E-state index >= 15 is 0 Å². The van der Waals surface area contributed by atoms with Crippen LogP contribution in [-0.2, 0) is 20.7 Å². The first kappa shape index (κ1) is 33.3. The lowest BCUT2D eigenvalue weighted by atomic mass is 9.87. The van der Waals surface area contributed by atoms with Crippen molar-refractivity contribution in [3.63, 3.8) is 0 Å². The van der Waals surface area contributed by atoms with E-state index in [1.807, 2.05) is 72.7 Å². The van der Waals surface area contributed by atoms with E-state index in [1.165, 1.54) is 22.3 Å². The highest BCUT2D eigenvalue weighted by molar-refractivity contribution is 5.94. The van der Waals surface area contributed by atoms with Crippen molar-refractivity contribution in [1.29, 1.82) is 0 Å². The molecule has 1 aromatic heterocycles. The molecule has 3 unspecified atom stereocenters. The minimum atomic E-state index is -0.637. The molecule has 0 saturated heterocycles. The molecule has 0 bridgehead atoms. The highest BCUT2D eigenvalue weighted by Crippen LogP contribution is 2.46. The minimum absolute atomic E-state index is 0.0466. The van der Waals surface area contributed by atoms with Crippen LogP contribution in [0.2, 0.25) is 0 Å². The van der Waals surface area contributed by atoms with Gasteiger partial charge in [0.1, 0.15) is 17.0 Å². The lowest BCUT2D eigenvalue weighted by Crippen LogP contribution is -2.40. The van der Waals surface area contributed by atoms with Crippen LogP contribution in [0.15, 0.2) is 95.4 Å². The number of carbonyl (C=O) groups is 2. The first-order valence-electron chi connectivity index (χ1n) is 16.6. The number of carbonyl (C=O) groups excluding carboxylic acids is 2.